The molecule has 3 N–H and O–H groups in total. The molecule has 0 aromatic heterocycles. The van der Waals surface area contributed by atoms with Crippen LogP contribution >= 0.6 is 0 Å². The molecular formula is C12H23N3O4. The minimum atomic E-state index is -0.946. The summed E-state index contributed by atoms with van der Waals surface area (Å²) in [5, 5.41) is 14.0. The SMILES string of the molecule is CCCNC(=O)CCNC(=O)N(C)CC(C)C(=O)O. The highest BCUT2D eigenvalue weighted by atomic mass is 16.4. The maximum atomic E-state index is 11.6. The molecule has 0 saturated heterocycles. The van der Waals surface area contributed by atoms with Gasteiger partial charge in [0.15, 0.2) is 0 Å². The van der Waals surface area contributed by atoms with E-state index in [0.29, 0.717) is 6.54 Å². The van der Waals surface area contributed by atoms with Gasteiger partial charge >= 0.3 is 12.0 Å². The number of amides is 3. The molecule has 7 heteroatoms. The molecule has 0 radical (unpaired) electrons. The Hall–Kier alpha value is -1.79. The van der Waals surface area contributed by atoms with Gasteiger partial charge in [0.2, 0.25) is 5.91 Å². The molecule has 1 unspecified atom stereocenters. The van der Waals surface area contributed by atoms with Crippen LogP contribution in [0.1, 0.15) is 26.7 Å². The number of nitrogens with zero attached hydrogens (tertiary/aromatic N) is 1. The number of urea groups is 1. The summed E-state index contributed by atoms with van der Waals surface area (Å²) in [5.41, 5.74) is 0. The molecule has 110 valence electrons. The molecule has 0 aliphatic carbocycles. The first-order valence-electron chi connectivity index (χ1n) is 6.37. The largest absolute Gasteiger partial charge is 0.481 e. The predicted octanol–water partition coefficient (Wildman–Crippen LogP) is 0.265. The Balaban J connectivity index is 3.85. The Kier molecular flexibility index (Phi) is 8.32. The lowest BCUT2D eigenvalue weighted by molar-refractivity contribution is -0.141. The maximum Gasteiger partial charge on any atom is 0.317 e. The van der Waals surface area contributed by atoms with Crippen LogP contribution in [0.4, 0.5) is 4.79 Å². The Morgan fingerprint density at radius 3 is 2.37 bits per heavy atom. The van der Waals surface area contributed by atoms with Gasteiger partial charge in [0.1, 0.15) is 0 Å². The summed E-state index contributed by atoms with van der Waals surface area (Å²) >= 11 is 0. The van der Waals surface area contributed by atoms with Crippen LogP contribution in [0, 0.1) is 5.92 Å². The Labute approximate surface area is 113 Å². The highest BCUT2D eigenvalue weighted by molar-refractivity contribution is 5.78. The van der Waals surface area contributed by atoms with Crippen LogP contribution in [-0.4, -0.2) is 54.6 Å². The van der Waals surface area contributed by atoms with E-state index in [1.807, 2.05) is 6.92 Å². The van der Waals surface area contributed by atoms with E-state index in [1.54, 1.807) is 0 Å². The van der Waals surface area contributed by atoms with Crippen LogP contribution in [0.5, 0.6) is 0 Å². The van der Waals surface area contributed by atoms with Gasteiger partial charge in [-0.3, -0.25) is 9.59 Å². The number of carboxylic acids is 1. The van der Waals surface area contributed by atoms with E-state index in [9.17, 15) is 14.4 Å². The van der Waals surface area contributed by atoms with Crippen molar-refractivity contribution >= 4 is 17.9 Å². The van der Waals surface area contributed by atoms with Crippen LogP contribution < -0.4 is 10.6 Å². The van der Waals surface area contributed by atoms with Crippen molar-refractivity contribution in [3.05, 3.63) is 0 Å². The van der Waals surface area contributed by atoms with Crippen LogP contribution in [0.25, 0.3) is 0 Å². The minimum Gasteiger partial charge on any atom is -0.481 e. The summed E-state index contributed by atoms with van der Waals surface area (Å²) in [6.45, 7) is 4.48. The van der Waals surface area contributed by atoms with Crippen molar-refractivity contribution in [2.45, 2.75) is 26.7 Å². The summed E-state index contributed by atoms with van der Waals surface area (Å²) in [5.74, 6) is -1.68. The number of rotatable bonds is 8. The van der Waals surface area contributed by atoms with Crippen molar-refractivity contribution in [1.82, 2.24) is 15.5 Å². The smallest absolute Gasteiger partial charge is 0.317 e. The molecule has 19 heavy (non-hydrogen) atoms. The summed E-state index contributed by atoms with van der Waals surface area (Å²) in [6.07, 6.45) is 1.09. The van der Waals surface area contributed by atoms with Gasteiger partial charge in [-0.15, -0.1) is 0 Å². The summed E-state index contributed by atoms with van der Waals surface area (Å²) in [4.78, 5) is 34.8. The molecule has 0 spiro atoms. The van der Waals surface area contributed by atoms with Crippen molar-refractivity contribution in [3.63, 3.8) is 0 Å². The molecular weight excluding hydrogens is 250 g/mol. The van der Waals surface area contributed by atoms with E-state index >= 15 is 0 Å². The normalized spacial score (nSPS) is 11.5. The highest BCUT2D eigenvalue weighted by Crippen LogP contribution is 1.98. The third-order valence-corrected chi connectivity index (χ3v) is 2.52. The van der Waals surface area contributed by atoms with Gasteiger partial charge in [-0.25, -0.2) is 4.79 Å². The minimum absolute atomic E-state index is 0.108. The molecule has 0 rings (SSSR count). The number of aliphatic carboxylic acids is 1. The van der Waals surface area contributed by atoms with Crippen molar-refractivity contribution in [3.8, 4) is 0 Å². The zero-order chi connectivity index (χ0) is 14.8. The van der Waals surface area contributed by atoms with E-state index in [1.165, 1.54) is 18.9 Å². The Bertz CT molecular complexity index is 320. The maximum absolute atomic E-state index is 11.6. The number of carbonyl (C=O) groups excluding carboxylic acids is 2. The van der Waals surface area contributed by atoms with Crippen LogP contribution in [0.3, 0.4) is 0 Å². The molecule has 0 bridgehead atoms. The fraction of sp³-hybridized carbons (Fsp3) is 0.750. The molecule has 0 aliphatic rings. The predicted molar refractivity (Wildman–Crippen MR) is 70.7 cm³/mol. The Morgan fingerprint density at radius 1 is 1.21 bits per heavy atom. The topological polar surface area (TPSA) is 98.7 Å². The first kappa shape index (κ1) is 17.2. The van der Waals surface area contributed by atoms with E-state index in [0.717, 1.165) is 6.42 Å². The molecule has 0 aromatic rings. The lowest BCUT2D eigenvalue weighted by atomic mass is 10.2. The zero-order valence-corrected chi connectivity index (χ0v) is 11.7. The van der Waals surface area contributed by atoms with E-state index < -0.39 is 11.9 Å². The van der Waals surface area contributed by atoms with E-state index in [4.69, 9.17) is 5.11 Å². The molecule has 0 aliphatic heterocycles. The van der Waals surface area contributed by atoms with Gasteiger partial charge < -0.3 is 20.6 Å². The molecule has 7 nitrogen and oxygen atoms in total. The van der Waals surface area contributed by atoms with Crippen molar-refractivity contribution < 1.29 is 19.5 Å². The fourth-order valence-corrected chi connectivity index (χ4v) is 1.34. The van der Waals surface area contributed by atoms with Crippen LogP contribution in [-0.2, 0) is 9.59 Å². The fourth-order valence-electron chi connectivity index (χ4n) is 1.34. The average molecular weight is 273 g/mol. The lowest BCUT2D eigenvalue weighted by Crippen LogP contribution is -2.42. The second-order valence-corrected chi connectivity index (χ2v) is 4.45. The average Bonchev–Trinajstić information content (AvgIpc) is 2.35. The summed E-state index contributed by atoms with van der Waals surface area (Å²) < 4.78 is 0. The number of hydrogen-bond donors (Lipinski definition) is 3. The van der Waals surface area contributed by atoms with Gasteiger partial charge in [0.05, 0.1) is 5.92 Å². The number of nitrogens with one attached hydrogen (secondary N) is 2. The molecule has 0 heterocycles. The van der Waals surface area contributed by atoms with Crippen LogP contribution in [0.2, 0.25) is 0 Å². The van der Waals surface area contributed by atoms with E-state index in [2.05, 4.69) is 10.6 Å². The molecule has 1 atom stereocenters. The third-order valence-electron chi connectivity index (χ3n) is 2.52. The molecule has 0 saturated carbocycles. The molecule has 0 fully saturated rings. The first-order valence-corrected chi connectivity index (χ1v) is 6.37. The van der Waals surface area contributed by atoms with Gasteiger partial charge in [-0.1, -0.05) is 13.8 Å². The van der Waals surface area contributed by atoms with E-state index in [-0.39, 0.29) is 31.4 Å². The molecule has 0 aromatic carbocycles. The van der Waals surface area contributed by atoms with Crippen molar-refractivity contribution in [1.29, 1.82) is 0 Å². The van der Waals surface area contributed by atoms with Crippen molar-refractivity contribution in [2.75, 3.05) is 26.7 Å². The number of carbonyl (C=O) groups is 3. The Morgan fingerprint density at radius 2 is 1.84 bits per heavy atom. The summed E-state index contributed by atoms with van der Waals surface area (Å²) in [7, 11) is 1.52. The third kappa shape index (κ3) is 8.01. The van der Waals surface area contributed by atoms with Gasteiger partial charge in [0, 0.05) is 33.1 Å². The lowest BCUT2D eigenvalue weighted by Gasteiger charge is -2.19. The second-order valence-electron chi connectivity index (χ2n) is 4.45. The van der Waals surface area contributed by atoms with Gasteiger partial charge in [-0.05, 0) is 6.42 Å². The summed E-state index contributed by atoms with van der Waals surface area (Å²) in [6, 6.07) is -0.378. The standard InChI is InChI=1S/C12H23N3O4/c1-4-6-13-10(16)5-7-14-12(19)15(3)8-9(2)11(17)18/h9H,4-8H2,1-3H3,(H,13,16)(H,14,19)(H,17,18). The number of hydrogen-bond acceptors (Lipinski definition) is 3. The quantitative estimate of drug-likeness (QED) is 0.591. The second kappa shape index (κ2) is 9.18. The van der Waals surface area contributed by atoms with Crippen molar-refractivity contribution in [2.24, 2.45) is 5.92 Å². The molecule has 3 amide bonds. The van der Waals surface area contributed by atoms with Gasteiger partial charge in [0.25, 0.3) is 0 Å². The van der Waals surface area contributed by atoms with Gasteiger partial charge in [-0.2, -0.15) is 0 Å². The zero-order valence-electron chi connectivity index (χ0n) is 11.7. The van der Waals surface area contributed by atoms with Crippen LogP contribution in [0.15, 0.2) is 0 Å². The first-order chi connectivity index (χ1) is 8.88. The highest BCUT2D eigenvalue weighted by Gasteiger charge is 2.17. The monoisotopic (exact) mass is 273 g/mol. The number of carboxylic acid groups (broad SMARTS) is 1.